The van der Waals surface area contributed by atoms with Gasteiger partial charge in [0.05, 0.1) is 23.0 Å². The number of halogens is 1. The van der Waals surface area contributed by atoms with E-state index in [-0.39, 0.29) is 6.42 Å². The van der Waals surface area contributed by atoms with Crippen molar-refractivity contribution >= 4 is 23.7 Å². The first-order chi connectivity index (χ1) is 10.5. The highest BCUT2D eigenvalue weighted by atomic mass is 35.5. The zero-order valence-corrected chi connectivity index (χ0v) is 13.1. The number of carbonyl (C=O) groups excluding carboxylic acids is 1. The minimum absolute atomic E-state index is 0.212. The average molecular weight is 315 g/mol. The highest BCUT2D eigenvalue weighted by molar-refractivity contribution is 6.32. The summed E-state index contributed by atoms with van der Waals surface area (Å²) >= 11 is 6.25. The Morgan fingerprint density at radius 1 is 1.45 bits per heavy atom. The molecule has 0 bridgehead atoms. The Balaban J connectivity index is 2.29. The number of benzene rings is 1. The Kier molecular flexibility index (Phi) is 4.97. The predicted octanol–water partition coefficient (Wildman–Crippen LogP) is 3.11. The molecule has 0 saturated carbocycles. The minimum atomic E-state index is -0.432. The summed E-state index contributed by atoms with van der Waals surface area (Å²) in [6.45, 7) is 3.93. The van der Waals surface area contributed by atoms with Gasteiger partial charge in [0.2, 0.25) is 0 Å². The number of aromatic nitrogens is 1. The number of nitrogens with one attached hydrogen (secondary N) is 1. The van der Waals surface area contributed by atoms with E-state index >= 15 is 0 Å². The number of rotatable bonds is 4. The molecule has 0 fully saturated rings. The summed E-state index contributed by atoms with van der Waals surface area (Å²) in [5.74, 6) is -0.432. The molecule has 0 aliphatic heterocycles. The van der Waals surface area contributed by atoms with Crippen LogP contribution in [0.5, 0.6) is 0 Å². The van der Waals surface area contributed by atoms with Crippen LogP contribution in [0.15, 0.2) is 35.4 Å². The van der Waals surface area contributed by atoms with Crippen LogP contribution in [0.3, 0.4) is 0 Å². The van der Waals surface area contributed by atoms with Gasteiger partial charge in [-0.15, -0.1) is 0 Å². The first-order valence-electron chi connectivity index (χ1n) is 6.67. The number of para-hydroxylation sites is 1. The second kappa shape index (κ2) is 6.92. The van der Waals surface area contributed by atoms with Gasteiger partial charge in [0.25, 0.3) is 5.91 Å². The molecule has 0 radical (unpaired) electrons. The van der Waals surface area contributed by atoms with Gasteiger partial charge in [0.15, 0.2) is 0 Å². The van der Waals surface area contributed by atoms with Gasteiger partial charge in [-0.05, 0) is 32.0 Å². The molecule has 1 aromatic carbocycles. The van der Waals surface area contributed by atoms with Crippen molar-refractivity contribution in [1.82, 2.24) is 9.99 Å². The molecule has 1 N–H and O–H groups in total. The number of hydrogen-bond donors (Lipinski definition) is 1. The van der Waals surface area contributed by atoms with Crippen molar-refractivity contribution in [3.05, 3.63) is 52.3 Å². The highest BCUT2D eigenvalue weighted by Gasteiger charge is 2.11. The SMILES string of the molecule is Cc1cc(/C=N/NC(=O)CC#N)c(C)n1-c1ccccc1Cl. The first kappa shape index (κ1) is 15.8. The molecule has 1 aromatic heterocycles. The summed E-state index contributed by atoms with van der Waals surface area (Å²) in [6, 6.07) is 11.3. The molecular formula is C16H15ClN4O. The quantitative estimate of drug-likeness (QED) is 0.696. The molecule has 112 valence electrons. The summed E-state index contributed by atoms with van der Waals surface area (Å²) in [6.07, 6.45) is 1.35. The molecular weight excluding hydrogens is 300 g/mol. The van der Waals surface area contributed by atoms with Gasteiger partial charge in [0, 0.05) is 17.0 Å². The van der Waals surface area contributed by atoms with Gasteiger partial charge < -0.3 is 4.57 Å². The molecule has 0 unspecified atom stereocenters. The van der Waals surface area contributed by atoms with E-state index < -0.39 is 5.91 Å². The van der Waals surface area contributed by atoms with E-state index in [2.05, 4.69) is 10.5 Å². The summed E-state index contributed by atoms with van der Waals surface area (Å²) in [7, 11) is 0. The van der Waals surface area contributed by atoms with Gasteiger partial charge in [-0.1, -0.05) is 23.7 Å². The van der Waals surface area contributed by atoms with E-state index in [1.165, 1.54) is 0 Å². The maximum absolute atomic E-state index is 11.2. The molecule has 5 nitrogen and oxygen atoms in total. The number of aryl methyl sites for hydroxylation is 1. The number of hydrazone groups is 1. The average Bonchev–Trinajstić information content (AvgIpc) is 2.75. The molecule has 6 heteroatoms. The molecule has 0 spiro atoms. The molecule has 22 heavy (non-hydrogen) atoms. The second-order valence-corrected chi connectivity index (χ2v) is 5.15. The van der Waals surface area contributed by atoms with Crippen LogP contribution < -0.4 is 5.43 Å². The van der Waals surface area contributed by atoms with E-state index in [0.29, 0.717) is 5.02 Å². The maximum atomic E-state index is 11.2. The summed E-state index contributed by atoms with van der Waals surface area (Å²) < 4.78 is 2.03. The van der Waals surface area contributed by atoms with Crippen molar-refractivity contribution in [2.75, 3.05) is 0 Å². The molecule has 0 saturated heterocycles. The van der Waals surface area contributed by atoms with Crippen LogP contribution in [-0.4, -0.2) is 16.7 Å². The van der Waals surface area contributed by atoms with Crippen LogP contribution in [0.2, 0.25) is 5.02 Å². The van der Waals surface area contributed by atoms with Crippen LogP contribution in [-0.2, 0) is 4.79 Å². The molecule has 0 atom stereocenters. The molecule has 1 heterocycles. The number of nitriles is 1. The fraction of sp³-hybridized carbons (Fsp3) is 0.188. The van der Waals surface area contributed by atoms with Crippen molar-refractivity contribution in [3.63, 3.8) is 0 Å². The Morgan fingerprint density at radius 3 is 2.86 bits per heavy atom. The number of carbonyl (C=O) groups is 1. The lowest BCUT2D eigenvalue weighted by Gasteiger charge is -2.11. The first-order valence-corrected chi connectivity index (χ1v) is 7.05. The highest BCUT2D eigenvalue weighted by Crippen LogP contribution is 2.25. The zero-order valence-electron chi connectivity index (χ0n) is 12.3. The van der Waals surface area contributed by atoms with Crippen LogP contribution in [0, 0.1) is 25.2 Å². The van der Waals surface area contributed by atoms with Crippen LogP contribution in [0.4, 0.5) is 0 Å². The Labute approximate surface area is 133 Å². The van der Waals surface area contributed by atoms with E-state index in [4.69, 9.17) is 16.9 Å². The summed E-state index contributed by atoms with van der Waals surface area (Å²) in [5, 5.41) is 12.9. The zero-order chi connectivity index (χ0) is 16.1. The molecule has 0 aliphatic rings. The molecule has 2 rings (SSSR count). The van der Waals surface area contributed by atoms with Crippen molar-refractivity contribution in [1.29, 1.82) is 5.26 Å². The number of hydrogen-bond acceptors (Lipinski definition) is 3. The maximum Gasteiger partial charge on any atom is 0.254 e. The lowest BCUT2D eigenvalue weighted by molar-refractivity contribution is -0.120. The fourth-order valence-corrected chi connectivity index (χ4v) is 2.43. The number of amides is 1. The van der Waals surface area contributed by atoms with Gasteiger partial charge >= 0.3 is 0 Å². The van der Waals surface area contributed by atoms with Gasteiger partial charge in [0.1, 0.15) is 6.42 Å². The van der Waals surface area contributed by atoms with E-state index in [1.807, 2.05) is 48.7 Å². The Hall–Kier alpha value is -2.58. The lowest BCUT2D eigenvalue weighted by atomic mass is 10.2. The molecule has 0 aliphatic carbocycles. The largest absolute Gasteiger partial charge is 0.316 e. The predicted molar refractivity (Wildman–Crippen MR) is 86.2 cm³/mol. The second-order valence-electron chi connectivity index (χ2n) is 4.74. The third-order valence-corrected chi connectivity index (χ3v) is 3.52. The topological polar surface area (TPSA) is 70.2 Å². The smallest absolute Gasteiger partial charge is 0.254 e. The van der Waals surface area contributed by atoms with Crippen molar-refractivity contribution in [2.24, 2.45) is 5.10 Å². The van der Waals surface area contributed by atoms with Gasteiger partial charge in [-0.2, -0.15) is 10.4 Å². The van der Waals surface area contributed by atoms with Crippen molar-refractivity contribution < 1.29 is 4.79 Å². The van der Waals surface area contributed by atoms with E-state index in [1.54, 1.807) is 12.3 Å². The molecule has 2 aromatic rings. The standard InChI is InChI=1S/C16H15ClN4O/c1-11-9-13(10-19-20-16(22)7-8-18)12(2)21(11)15-6-4-3-5-14(15)17/h3-6,9-10H,7H2,1-2H3,(H,20,22)/b19-10+. The third-order valence-electron chi connectivity index (χ3n) is 3.20. The molecule has 1 amide bonds. The van der Waals surface area contributed by atoms with Crippen LogP contribution in [0.25, 0.3) is 5.69 Å². The lowest BCUT2D eigenvalue weighted by Crippen LogP contribution is -2.16. The minimum Gasteiger partial charge on any atom is -0.316 e. The van der Waals surface area contributed by atoms with Gasteiger partial charge in [-0.3, -0.25) is 4.79 Å². The fourth-order valence-electron chi connectivity index (χ4n) is 2.21. The van der Waals surface area contributed by atoms with E-state index in [0.717, 1.165) is 22.6 Å². The Bertz CT molecular complexity index is 771. The summed E-state index contributed by atoms with van der Waals surface area (Å²) in [5.41, 5.74) is 6.05. The third kappa shape index (κ3) is 3.35. The van der Waals surface area contributed by atoms with Crippen molar-refractivity contribution in [3.8, 4) is 11.8 Å². The van der Waals surface area contributed by atoms with Crippen LogP contribution in [0.1, 0.15) is 23.4 Å². The Morgan fingerprint density at radius 2 is 2.18 bits per heavy atom. The monoisotopic (exact) mass is 314 g/mol. The normalized spacial score (nSPS) is 10.6. The van der Waals surface area contributed by atoms with E-state index in [9.17, 15) is 4.79 Å². The van der Waals surface area contributed by atoms with Crippen molar-refractivity contribution in [2.45, 2.75) is 20.3 Å². The number of nitrogens with zero attached hydrogens (tertiary/aromatic N) is 3. The van der Waals surface area contributed by atoms with Crippen LogP contribution >= 0.6 is 11.6 Å². The summed E-state index contributed by atoms with van der Waals surface area (Å²) in [4.78, 5) is 11.2. The van der Waals surface area contributed by atoms with Gasteiger partial charge in [-0.25, -0.2) is 5.43 Å².